The quantitative estimate of drug-likeness (QED) is 0.560. The van der Waals surface area contributed by atoms with Crippen molar-refractivity contribution in [2.75, 3.05) is 32.6 Å². The van der Waals surface area contributed by atoms with Crippen molar-refractivity contribution in [3.63, 3.8) is 0 Å². The van der Waals surface area contributed by atoms with Crippen LogP contribution in [-0.4, -0.2) is 47.7 Å². The van der Waals surface area contributed by atoms with Crippen LogP contribution in [0.25, 0.3) is 10.9 Å². The summed E-state index contributed by atoms with van der Waals surface area (Å²) in [6.45, 7) is 1.14. The zero-order chi connectivity index (χ0) is 22.6. The van der Waals surface area contributed by atoms with Crippen molar-refractivity contribution < 1.29 is 18.0 Å². The van der Waals surface area contributed by atoms with E-state index >= 15 is 0 Å². The standard InChI is InChI=1S/C21H22F3N5O2/c1-28(2)13-5-12-25-19(30)18-26-17-7-4-3-6-16(17)20(31)29(18)27-15-10-8-14(9-11-15)21(22,23)24/h3-4,6-11,27H,5,12-13H2,1-2H3,(H,25,30). The Morgan fingerprint density at radius 3 is 2.42 bits per heavy atom. The van der Waals surface area contributed by atoms with Gasteiger partial charge in [-0.15, -0.1) is 0 Å². The lowest BCUT2D eigenvalue weighted by atomic mass is 10.2. The number of hydrogen-bond acceptors (Lipinski definition) is 5. The van der Waals surface area contributed by atoms with Gasteiger partial charge in [0, 0.05) is 6.54 Å². The largest absolute Gasteiger partial charge is 0.416 e. The number of aromatic nitrogens is 2. The molecule has 0 aliphatic heterocycles. The van der Waals surface area contributed by atoms with E-state index in [2.05, 4.69) is 15.7 Å². The predicted molar refractivity (Wildman–Crippen MR) is 112 cm³/mol. The number of anilines is 1. The highest BCUT2D eigenvalue weighted by molar-refractivity contribution is 5.93. The molecule has 0 aliphatic carbocycles. The first-order valence-electron chi connectivity index (χ1n) is 9.56. The topological polar surface area (TPSA) is 79.3 Å². The fraction of sp³-hybridized carbons (Fsp3) is 0.286. The second-order valence-corrected chi connectivity index (χ2v) is 7.19. The molecule has 1 heterocycles. The number of fused-ring (bicyclic) bond motifs is 1. The number of carbonyl (C=O) groups excluding carboxylic acids is 1. The van der Waals surface area contributed by atoms with Crippen molar-refractivity contribution in [3.8, 4) is 0 Å². The number of carbonyl (C=O) groups is 1. The van der Waals surface area contributed by atoms with Gasteiger partial charge in [0.1, 0.15) is 0 Å². The molecule has 3 aromatic rings. The van der Waals surface area contributed by atoms with Crippen LogP contribution in [0.15, 0.2) is 53.3 Å². The predicted octanol–water partition coefficient (Wildman–Crippen LogP) is 2.97. The van der Waals surface area contributed by atoms with Crippen molar-refractivity contribution >= 4 is 22.5 Å². The summed E-state index contributed by atoms with van der Waals surface area (Å²) >= 11 is 0. The summed E-state index contributed by atoms with van der Waals surface area (Å²) in [6.07, 6.45) is -3.78. The van der Waals surface area contributed by atoms with E-state index in [1.807, 2.05) is 19.0 Å². The molecule has 164 valence electrons. The average molecular weight is 433 g/mol. The van der Waals surface area contributed by atoms with Crippen LogP contribution in [0.4, 0.5) is 18.9 Å². The number of nitrogens with zero attached hydrogens (tertiary/aromatic N) is 3. The van der Waals surface area contributed by atoms with E-state index in [-0.39, 0.29) is 16.9 Å². The first-order valence-corrected chi connectivity index (χ1v) is 9.56. The molecule has 0 atom stereocenters. The van der Waals surface area contributed by atoms with Gasteiger partial charge in [0.2, 0.25) is 5.82 Å². The summed E-state index contributed by atoms with van der Waals surface area (Å²) < 4.78 is 39.4. The van der Waals surface area contributed by atoms with Gasteiger partial charge in [-0.05, 0) is 63.5 Å². The second kappa shape index (κ2) is 9.17. The maximum atomic E-state index is 13.0. The Morgan fingerprint density at radius 1 is 1.10 bits per heavy atom. The maximum absolute atomic E-state index is 13.0. The number of nitrogens with one attached hydrogen (secondary N) is 2. The lowest BCUT2D eigenvalue weighted by Gasteiger charge is -2.16. The fourth-order valence-electron chi connectivity index (χ4n) is 2.93. The molecule has 1 amide bonds. The minimum atomic E-state index is -4.47. The summed E-state index contributed by atoms with van der Waals surface area (Å²) in [6, 6.07) is 10.7. The molecule has 1 aromatic heterocycles. The van der Waals surface area contributed by atoms with Crippen molar-refractivity contribution in [2.24, 2.45) is 0 Å². The number of amides is 1. The summed E-state index contributed by atoms with van der Waals surface area (Å²) in [4.78, 5) is 32.0. The molecule has 0 unspecified atom stereocenters. The number of para-hydroxylation sites is 1. The lowest BCUT2D eigenvalue weighted by Crippen LogP contribution is -2.37. The van der Waals surface area contributed by atoms with Crippen LogP contribution < -0.4 is 16.3 Å². The summed E-state index contributed by atoms with van der Waals surface area (Å²) in [7, 11) is 3.83. The van der Waals surface area contributed by atoms with Gasteiger partial charge in [0.15, 0.2) is 0 Å². The molecule has 0 fully saturated rings. The Kier molecular flexibility index (Phi) is 6.59. The van der Waals surface area contributed by atoms with Gasteiger partial charge in [0.05, 0.1) is 22.2 Å². The Labute approximate surface area is 176 Å². The lowest BCUT2D eigenvalue weighted by molar-refractivity contribution is -0.137. The van der Waals surface area contributed by atoms with Crippen LogP contribution in [0, 0.1) is 0 Å². The van der Waals surface area contributed by atoms with Crippen molar-refractivity contribution in [1.82, 2.24) is 19.9 Å². The molecular weight excluding hydrogens is 411 g/mol. The first-order chi connectivity index (χ1) is 14.7. The summed E-state index contributed by atoms with van der Waals surface area (Å²) in [5.41, 5.74) is 1.90. The monoisotopic (exact) mass is 433 g/mol. The molecule has 2 aromatic carbocycles. The van der Waals surface area contributed by atoms with E-state index in [9.17, 15) is 22.8 Å². The number of hydrogen-bond donors (Lipinski definition) is 2. The smallest absolute Gasteiger partial charge is 0.349 e. The van der Waals surface area contributed by atoms with Gasteiger partial charge in [-0.2, -0.15) is 17.8 Å². The van der Waals surface area contributed by atoms with Crippen LogP contribution in [0.2, 0.25) is 0 Å². The van der Waals surface area contributed by atoms with E-state index < -0.39 is 23.2 Å². The molecule has 0 aliphatic rings. The molecule has 0 bridgehead atoms. The molecule has 3 rings (SSSR count). The first kappa shape index (κ1) is 22.3. The van der Waals surface area contributed by atoms with Gasteiger partial charge in [-0.3, -0.25) is 15.0 Å². The van der Waals surface area contributed by atoms with E-state index in [4.69, 9.17) is 0 Å². The van der Waals surface area contributed by atoms with Crippen LogP contribution in [-0.2, 0) is 6.18 Å². The Hall–Kier alpha value is -3.40. The second-order valence-electron chi connectivity index (χ2n) is 7.19. The molecule has 31 heavy (non-hydrogen) atoms. The Morgan fingerprint density at radius 2 is 1.77 bits per heavy atom. The highest BCUT2D eigenvalue weighted by atomic mass is 19.4. The van der Waals surface area contributed by atoms with Crippen LogP contribution in [0.1, 0.15) is 22.6 Å². The number of alkyl halides is 3. The Bertz CT molecular complexity index is 1120. The summed E-state index contributed by atoms with van der Waals surface area (Å²) in [5, 5.41) is 2.99. The van der Waals surface area contributed by atoms with Crippen molar-refractivity contribution in [1.29, 1.82) is 0 Å². The van der Waals surface area contributed by atoms with Crippen molar-refractivity contribution in [3.05, 3.63) is 70.3 Å². The Balaban J connectivity index is 1.94. The third-order valence-electron chi connectivity index (χ3n) is 4.50. The van der Waals surface area contributed by atoms with E-state index in [0.717, 1.165) is 23.4 Å². The number of benzene rings is 2. The minimum absolute atomic E-state index is 0.187. The highest BCUT2D eigenvalue weighted by Gasteiger charge is 2.30. The molecule has 10 heteroatoms. The normalized spacial score (nSPS) is 11.7. The molecule has 7 nitrogen and oxygen atoms in total. The van der Waals surface area contributed by atoms with E-state index in [1.165, 1.54) is 12.1 Å². The average Bonchev–Trinajstić information content (AvgIpc) is 2.72. The zero-order valence-electron chi connectivity index (χ0n) is 17.0. The third kappa shape index (κ3) is 5.40. The van der Waals surface area contributed by atoms with Crippen molar-refractivity contribution in [2.45, 2.75) is 12.6 Å². The minimum Gasteiger partial charge on any atom is -0.349 e. The van der Waals surface area contributed by atoms with Gasteiger partial charge < -0.3 is 10.2 Å². The third-order valence-corrected chi connectivity index (χ3v) is 4.50. The van der Waals surface area contributed by atoms with Gasteiger partial charge >= 0.3 is 6.18 Å². The van der Waals surface area contributed by atoms with E-state index in [1.54, 1.807) is 24.3 Å². The van der Waals surface area contributed by atoms with Crippen LogP contribution >= 0.6 is 0 Å². The fourth-order valence-corrected chi connectivity index (χ4v) is 2.93. The molecule has 0 radical (unpaired) electrons. The summed E-state index contributed by atoms with van der Waals surface area (Å²) in [5.74, 6) is -0.755. The zero-order valence-corrected chi connectivity index (χ0v) is 17.0. The number of halogens is 3. The van der Waals surface area contributed by atoms with Gasteiger partial charge in [-0.25, -0.2) is 4.98 Å². The molecule has 0 spiro atoms. The number of rotatable bonds is 7. The van der Waals surface area contributed by atoms with E-state index in [0.29, 0.717) is 18.5 Å². The van der Waals surface area contributed by atoms with Crippen LogP contribution in [0.3, 0.4) is 0 Å². The van der Waals surface area contributed by atoms with Gasteiger partial charge in [0.25, 0.3) is 11.5 Å². The maximum Gasteiger partial charge on any atom is 0.416 e. The molecule has 2 N–H and O–H groups in total. The SMILES string of the molecule is CN(C)CCCNC(=O)c1nc2ccccc2c(=O)n1Nc1ccc(C(F)(F)F)cc1. The highest BCUT2D eigenvalue weighted by Crippen LogP contribution is 2.29. The van der Waals surface area contributed by atoms with Gasteiger partial charge in [-0.1, -0.05) is 12.1 Å². The van der Waals surface area contributed by atoms with Crippen LogP contribution in [0.5, 0.6) is 0 Å². The molecular formula is C21H22F3N5O2. The molecule has 0 saturated carbocycles. The molecule has 0 saturated heterocycles.